The molecule has 4 atom stereocenters. The van der Waals surface area contributed by atoms with E-state index in [4.69, 9.17) is 7.48 Å². The van der Waals surface area contributed by atoms with Crippen LogP contribution in [0.4, 0.5) is 19.0 Å². The zero-order chi connectivity index (χ0) is 22.5. The highest BCUT2D eigenvalue weighted by Crippen LogP contribution is 2.39. The first kappa shape index (κ1) is 17.5. The van der Waals surface area contributed by atoms with Gasteiger partial charge in [-0.1, -0.05) is 0 Å². The summed E-state index contributed by atoms with van der Waals surface area (Å²) in [7, 11) is 0. The summed E-state index contributed by atoms with van der Waals surface area (Å²) in [5.74, 6) is -2.01. The summed E-state index contributed by atoms with van der Waals surface area (Å²) in [5, 5.41) is 11.3. The largest absolute Gasteiger partial charge is 0.381 e. The Morgan fingerprint density at radius 2 is 1.93 bits per heavy atom. The van der Waals surface area contributed by atoms with E-state index in [-0.39, 0.29) is 23.2 Å². The third-order valence-corrected chi connectivity index (χ3v) is 6.33. The average Bonchev–Trinajstić information content (AvgIpc) is 3.48. The Balaban J connectivity index is 1.20. The van der Waals surface area contributed by atoms with Gasteiger partial charge in [-0.15, -0.1) is 10.2 Å². The number of hydrogen-bond acceptors (Lipinski definition) is 5. The number of halogens is 3. The number of likely N-dealkylation sites (tertiary alicyclic amines) is 1. The van der Waals surface area contributed by atoms with Crippen molar-refractivity contribution in [2.45, 2.75) is 25.3 Å². The second-order valence-electron chi connectivity index (χ2n) is 8.48. The Bertz CT molecular complexity index is 974. The molecule has 160 valence electrons. The van der Waals surface area contributed by atoms with E-state index >= 15 is 0 Å². The molecule has 1 aromatic heterocycles. The molecule has 1 saturated carbocycles. The molecule has 1 unspecified atom stereocenters. The Labute approximate surface area is 176 Å². The first-order valence-corrected chi connectivity index (χ1v) is 10.4. The summed E-state index contributed by atoms with van der Waals surface area (Å²) >= 11 is 0. The lowest BCUT2D eigenvalue weighted by atomic mass is 10.0. The lowest BCUT2D eigenvalue weighted by Gasteiger charge is -2.22. The van der Waals surface area contributed by atoms with Crippen LogP contribution in [0.1, 0.15) is 22.0 Å². The Hall–Kier alpha value is -2.19. The van der Waals surface area contributed by atoms with Gasteiger partial charge in [-0.3, -0.25) is 0 Å². The van der Waals surface area contributed by atoms with E-state index in [9.17, 15) is 13.2 Å². The fourth-order valence-corrected chi connectivity index (χ4v) is 4.92. The molecule has 1 aromatic carbocycles. The van der Waals surface area contributed by atoms with Crippen LogP contribution in [0.15, 0.2) is 24.3 Å². The molecule has 0 amide bonds. The summed E-state index contributed by atoms with van der Waals surface area (Å²) in [6.07, 6.45) is 2.58. The van der Waals surface area contributed by atoms with E-state index in [0.717, 1.165) is 38.4 Å². The number of benzene rings is 1. The van der Waals surface area contributed by atoms with Gasteiger partial charge in [0, 0.05) is 46.6 Å². The highest BCUT2D eigenvalue weighted by atomic mass is 19.2. The van der Waals surface area contributed by atoms with Crippen molar-refractivity contribution >= 4 is 5.82 Å². The fraction of sp³-hybridized carbons (Fsp3) is 0.545. The molecule has 2 aliphatic heterocycles. The maximum atomic E-state index is 14.0. The van der Waals surface area contributed by atoms with Crippen LogP contribution in [-0.4, -0.2) is 53.9 Å². The van der Waals surface area contributed by atoms with Crippen LogP contribution >= 0.6 is 0 Å². The molecular weight excluding hydrogens is 393 g/mol. The molecule has 30 heavy (non-hydrogen) atoms. The van der Waals surface area contributed by atoms with Crippen LogP contribution in [0.5, 0.6) is 0 Å². The molecule has 5 nitrogen and oxygen atoms in total. The molecule has 1 N–H and O–H groups in total. The maximum absolute atomic E-state index is 14.0. The predicted molar refractivity (Wildman–Crippen MR) is 106 cm³/mol. The summed E-state index contributed by atoms with van der Waals surface area (Å²) in [5.41, 5.74) is -0.206. The number of ether oxygens (including phenoxy) is 1. The minimum Gasteiger partial charge on any atom is -0.381 e. The van der Waals surface area contributed by atoms with Crippen LogP contribution < -0.4 is 5.32 Å². The lowest BCUT2D eigenvalue weighted by molar-refractivity contribution is 0.171. The second kappa shape index (κ2) is 8.15. The Morgan fingerprint density at radius 3 is 2.60 bits per heavy atom. The van der Waals surface area contributed by atoms with Crippen LogP contribution in [-0.2, 0) is 4.74 Å². The standard InChI is InChI=1S/C22H25F3N4O/c23-16-7-18(22(25)19(24)8-16)20-1-2-21(28-27-20)26-17-5-14-10-29(11-15(14)6-17)9-13-3-4-30-12-13/h1-2,7-8,13-15,17H,3-6,9-12H2,(H,26,28)/t13-,14-,15+,17?/m1/s1/i9D2. The summed E-state index contributed by atoms with van der Waals surface area (Å²) < 4.78 is 63.4. The van der Waals surface area contributed by atoms with Gasteiger partial charge < -0.3 is 15.0 Å². The molecule has 8 heteroatoms. The van der Waals surface area contributed by atoms with Crippen molar-refractivity contribution in [2.24, 2.45) is 17.8 Å². The Morgan fingerprint density at radius 1 is 1.13 bits per heavy atom. The van der Waals surface area contributed by atoms with Crippen LogP contribution in [0.2, 0.25) is 0 Å². The van der Waals surface area contributed by atoms with E-state index in [0.29, 0.717) is 36.9 Å². The van der Waals surface area contributed by atoms with Gasteiger partial charge in [0.25, 0.3) is 0 Å². The maximum Gasteiger partial charge on any atom is 0.168 e. The lowest BCUT2D eigenvalue weighted by Crippen LogP contribution is -2.30. The van der Waals surface area contributed by atoms with Crippen LogP contribution in [0.3, 0.4) is 0 Å². The second-order valence-corrected chi connectivity index (χ2v) is 8.48. The van der Waals surface area contributed by atoms with Crippen LogP contribution in [0, 0.1) is 35.2 Å². The number of fused-ring (bicyclic) bond motifs is 1. The van der Waals surface area contributed by atoms with Gasteiger partial charge in [0.15, 0.2) is 11.6 Å². The Kier molecular flexibility index (Phi) is 4.75. The van der Waals surface area contributed by atoms with Crippen molar-refractivity contribution in [3.8, 4) is 11.3 Å². The highest BCUT2D eigenvalue weighted by Gasteiger charge is 2.41. The van der Waals surface area contributed by atoms with Gasteiger partial charge in [0.05, 0.1) is 12.3 Å². The van der Waals surface area contributed by atoms with E-state index in [1.54, 1.807) is 6.07 Å². The summed E-state index contributed by atoms with van der Waals surface area (Å²) in [4.78, 5) is 1.99. The SMILES string of the molecule is [2H]C([2H])([C@H]1CCOC1)N1C[C@H]2CC(Nc3ccc(-c4cc(F)cc(F)c4F)nn3)C[C@H]2C1. The van der Waals surface area contributed by atoms with Gasteiger partial charge in [-0.25, -0.2) is 13.2 Å². The number of rotatable bonds is 5. The predicted octanol–water partition coefficient (Wildman–Crippen LogP) is 3.72. The van der Waals surface area contributed by atoms with E-state index in [1.165, 1.54) is 6.07 Å². The zero-order valence-corrected chi connectivity index (χ0v) is 16.5. The first-order valence-electron chi connectivity index (χ1n) is 11.4. The molecule has 5 rings (SSSR count). The molecule has 0 radical (unpaired) electrons. The first-order chi connectivity index (χ1) is 15.3. The van der Waals surface area contributed by atoms with Gasteiger partial charge in [0.1, 0.15) is 11.6 Å². The molecule has 0 bridgehead atoms. The molecule has 2 aromatic rings. The monoisotopic (exact) mass is 420 g/mol. The molecular formula is C22H25F3N4O. The smallest absolute Gasteiger partial charge is 0.168 e. The molecule has 3 fully saturated rings. The summed E-state index contributed by atoms with van der Waals surface area (Å²) in [6, 6.07) is 4.70. The number of nitrogens with one attached hydrogen (secondary N) is 1. The summed E-state index contributed by atoms with van der Waals surface area (Å²) in [6.45, 7) is 1.26. The quantitative estimate of drug-likeness (QED) is 0.748. The molecule has 1 aliphatic carbocycles. The molecule has 2 saturated heterocycles. The number of hydrogen-bond donors (Lipinski definition) is 1. The van der Waals surface area contributed by atoms with Crippen molar-refractivity contribution in [1.29, 1.82) is 0 Å². The van der Waals surface area contributed by atoms with E-state index in [2.05, 4.69) is 15.5 Å². The van der Waals surface area contributed by atoms with Crippen molar-refractivity contribution in [3.05, 3.63) is 41.7 Å². The minimum atomic E-state index is -1.34. The number of nitrogens with zero attached hydrogens (tertiary/aromatic N) is 3. The van der Waals surface area contributed by atoms with Crippen molar-refractivity contribution in [2.75, 3.05) is 38.1 Å². The normalized spacial score (nSPS) is 30.2. The highest BCUT2D eigenvalue weighted by molar-refractivity contribution is 5.60. The van der Waals surface area contributed by atoms with Crippen molar-refractivity contribution in [3.63, 3.8) is 0 Å². The zero-order valence-electron chi connectivity index (χ0n) is 18.5. The fourth-order valence-electron chi connectivity index (χ4n) is 4.92. The molecule has 3 aliphatic rings. The third kappa shape index (κ3) is 4.03. The van der Waals surface area contributed by atoms with Gasteiger partial charge in [-0.05, 0) is 55.2 Å². The van der Waals surface area contributed by atoms with Crippen LogP contribution in [0.25, 0.3) is 11.3 Å². The van der Waals surface area contributed by atoms with Gasteiger partial charge >= 0.3 is 0 Å². The minimum absolute atomic E-state index is 0.0588. The molecule has 3 heterocycles. The number of aromatic nitrogens is 2. The van der Waals surface area contributed by atoms with E-state index in [1.807, 2.05) is 4.90 Å². The van der Waals surface area contributed by atoms with Crippen molar-refractivity contribution < 1.29 is 20.6 Å². The topological polar surface area (TPSA) is 50.3 Å². The van der Waals surface area contributed by atoms with Gasteiger partial charge in [0.2, 0.25) is 0 Å². The van der Waals surface area contributed by atoms with Gasteiger partial charge in [-0.2, -0.15) is 0 Å². The number of anilines is 1. The van der Waals surface area contributed by atoms with E-state index < -0.39 is 23.9 Å². The average molecular weight is 420 g/mol. The third-order valence-electron chi connectivity index (χ3n) is 6.33. The molecule has 0 spiro atoms. The van der Waals surface area contributed by atoms with Crippen molar-refractivity contribution in [1.82, 2.24) is 15.1 Å².